The number of nitrogens with zero attached hydrogens (tertiary/aromatic N) is 3. The van der Waals surface area contributed by atoms with Gasteiger partial charge in [-0.1, -0.05) is 18.2 Å². The second kappa shape index (κ2) is 7.79. The van der Waals surface area contributed by atoms with Crippen LogP contribution in [0.15, 0.2) is 48.5 Å². The zero-order valence-electron chi connectivity index (χ0n) is 16.6. The zero-order chi connectivity index (χ0) is 20.4. The van der Waals surface area contributed by atoms with Crippen LogP contribution in [0.2, 0.25) is 0 Å². The summed E-state index contributed by atoms with van der Waals surface area (Å²) in [4.78, 5) is 23.9. The van der Waals surface area contributed by atoms with E-state index in [0.29, 0.717) is 34.5 Å². The first-order chi connectivity index (χ1) is 14.1. The van der Waals surface area contributed by atoms with Crippen molar-refractivity contribution in [2.75, 3.05) is 31.0 Å². The van der Waals surface area contributed by atoms with E-state index in [-0.39, 0.29) is 5.91 Å². The fourth-order valence-corrected chi connectivity index (χ4v) is 3.47. The van der Waals surface area contributed by atoms with Gasteiger partial charge >= 0.3 is 0 Å². The van der Waals surface area contributed by atoms with Gasteiger partial charge in [0.15, 0.2) is 0 Å². The zero-order valence-corrected chi connectivity index (χ0v) is 16.6. The van der Waals surface area contributed by atoms with E-state index in [1.807, 2.05) is 12.1 Å². The van der Waals surface area contributed by atoms with Crippen LogP contribution in [-0.4, -0.2) is 36.6 Å². The van der Waals surface area contributed by atoms with E-state index in [1.165, 1.54) is 5.56 Å². The van der Waals surface area contributed by atoms with Crippen molar-refractivity contribution in [3.05, 3.63) is 65.6 Å². The number of anilines is 3. The van der Waals surface area contributed by atoms with Crippen LogP contribution >= 0.6 is 0 Å². The molecule has 0 saturated carbocycles. The van der Waals surface area contributed by atoms with Gasteiger partial charge in [-0.3, -0.25) is 4.79 Å². The number of methoxy groups -OCH3 is 2. The van der Waals surface area contributed by atoms with Gasteiger partial charge in [0.1, 0.15) is 28.8 Å². The molecule has 2 aromatic carbocycles. The Balaban J connectivity index is 1.62. The molecule has 0 unspecified atom stereocenters. The lowest BCUT2D eigenvalue weighted by Crippen LogP contribution is -2.19. The van der Waals surface area contributed by atoms with E-state index in [0.717, 1.165) is 18.7 Å². The second-order valence-corrected chi connectivity index (χ2v) is 6.71. The molecule has 7 heteroatoms. The summed E-state index contributed by atoms with van der Waals surface area (Å²) < 4.78 is 10.6. The molecule has 0 atom stereocenters. The standard InChI is InChI=1S/C22H22N4O3/c1-14-23-18(22(27)25-17-9-8-16(28-2)12-20(17)29-3)13-21(24-14)26-11-10-15-6-4-5-7-19(15)26/h4-9,12-13H,10-11H2,1-3H3,(H,25,27). The minimum Gasteiger partial charge on any atom is -0.497 e. The van der Waals surface area contributed by atoms with Gasteiger partial charge < -0.3 is 19.7 Å². The Morgan fingerprint density at radius 3 is 2.69 bits per heavy atom. The summed E-state index contributed by atoms with van der Waals surface area (Å²) in [5.74, 6) is 2.09. The third kappa shape index (κ3) is 3.71. The number of nitrogens with one attached hydrogen (secondary N) is 1. The van der Waals surface area contributed by atoms with Crippen molar-refractivity contribution < 1.29 is 14.3 Å². The van der Waals surface area contributed by atoms with Gasteiger partial charge in [0.05, 0.1) is 19.9 Å². The van der Waals surface area contributed by atoms with E-state index in [4.69, 9.17) is 9.47 Å². The molecule has 0 bridgehead atoms. The molecule has 1 aromatic heterocycles. The van der Waals surface area contributed by atoms with E-state index >= 15 is 0 Å². The third-order valence-electron chi connectivity index (χ3n) is 4.88. The Morgan fingerprint density at radius 2 is 1.90 bits per heavy atom. The lowest BCUT2D eigenvalue weighted by molar-refractivity contribution is 0.102. The average Bonchev–Trinajstić information content (AvgIpc) is 3.17. The van der Waals surface area contributed by atoms with Crippen LogP contribution in [0.1, 0.15) is 21.9 Å². The number of amides is 1. The SMILES string of the molecule is COc1ccc(NC(=O)c2cc(N3CCc4ccccc43)nc(C)n2)c(OC)c1. The molecule has 1 N–H and O–H groups in total. The van der Waals surface area contributed by atoms with Crippen LogP contribution in [0.25, 0.3) is 0 Å². The van der Waals surface area contributed by atoms with Crippen molar-refractivity contribution in [2.45, 2.75) is 13.3 Å². The summed E-state index contributed by atoms with van der Waals surface area (Å²) in [5.41, 5.74) is 3.24. The Labute approximate surface area is 169 Å². The predicted octanol–water partition coefficient (Wildman–Crippen LogP) is 3.75. The van der Waals surface area contributed by atoms with E-state index in [1.54, 1.807) is 45.4 Å². The quantitative estimate of drug-likeness (QED) is 0.715. The van der Waals surface area contributed by atoms with Gasteiger partial charge in [-0.05, 0) is 37.1 Å². The van der Waals surface area contributed by atoms with Crippen molar-refractivity contribution in [2.24, 2.45) is 0 Å². The molecule has 4 rings (SSSR count). The molecule has 3 aromatic rings. The molecular formula is C22H22N4O3. The fourth-order valence-electron chi connectivity index (χ4n) is 3.47. The van der Waals surface area contributed by atoms with Crippen molar-refractivity contribution in [1.82, 2.24) is 9.97 Å². The lowest BCUT2D eigenvalue weighted by atomic mass is 10.2. The molecule has 0 fully saturated rings. The number of fused-ring (bicyclic) bond motifs is 1. The maximum absolute atomic E-state index is 12.9. The molecule has 1 amide bonds. The number of aryl methyl sites for hydroxylation is 1. The molecule has 0 saturated heterocycles. The van der Waals surface area contributed by atoms with Crippen molar-refractivity contribution >= 4 is 23.1 Å². The van der Waals surface area contributed by atoms with Gasteiger partial charge in [-0.15, -0.1) is 0 Å². The first-order valence-electron chi connectivity index (χ1n) is 9.33. The molecule has 0 radical (unpaired) electrons. The van der Waals surface area contributed by atoms with Crippen LogP contribution in [-0.2, 0) is 6.42 Å². The average molecular weight is 390 g/mol. The maximum Gasteiger partial charge on any atom is 0.274 e. The second-order valence-electron chi connectivity index (χ2n) is 6.71. The van der Waals surface area contributed by atoms with Crippen LogP contribution in [0.3, 0.4) is 0 Å². The minimum atomic E-state index is -0.326. The summed E-state index contributed by atoms with van der Waals surface area (Å²) in [6, 6.07) is 15.2. The smallest absolute Gasteiger partial charge is 0.274 e. The number of hydrogen-bond donors (Lipinski definition) is 1. The summed E-state index contributed by atoms with van der Waals surface area (Å²) in [5, 5.41) is 2.86. The number of para-hydroxylation sites is 1. The highest BCUT2D eigenvalue weighted by Gasteiger charge is 2.23. The normalized spacial score (nSPS) is 12.4. The summed E-state index contributed by atoms with van der Waals surface area (Å²) in [6.07, 6.45) is 0.948. The highest BCUT2D eigenvalue weighted by Crippen LogP contribution is 2.34. The molecule has 1 aliphatic heterocycles. The molecule has 29 heavy (non-hydrogen) atoms. The highest BCUT2D eigenvalue weighted by molar-refractivity contribution is 6.04. The van der Waals surface area contributed by atoms with Crippen LogP contribution in [0.5, 0.6) is 11.5 Å². The van der Waals surface area contributed by atoms with Crippen LogP contribution in [0, 0.1) is 6.92 Å². The number of rotatable bonds is 5. The maximum atomic E-state index is 12.9. The van der Waals surface area contributed by atoms with E-state index in [9.17, 15) is 4.79 Å². The first-order valence-corrected chi connectivity index (χ1v) is 9.33. The summed E-state index contributed by atoms with van der Waals surface area (Å²) in [6.45, 7) is 2.61. The Hall–Kier alpha value is -3.61. The van der Waals surface area contributed by atoms with Gasteiger partial charge in [0, 0.05) is 24.4 Å². The number of carbonyl (C=O) groups excluding carboxylic acids is 1. The molecule has 0 spiro atoms. The van der Waals surface area contributed by atoms with E-state index < -0.39 is 0 Å². The van der Waals surface area contributed by atoms with Crippen molar-refractivity contribution in [1.29, 1.82) is 0 Å². The molecule has 1 aliphatic rings. The van der Waals surface area contributed by atoms with Crippen LogP contribution < -0.4 is 19.7 Å². The molecule has 0 aliphatic carbocycles. The fraction of sp³-hybridized carbons (Fsp3) is 0.227. The molecule has 148 valence electrons. The van der Waals surface area contributed by atoms with Gasteiger partial charge in [0.2, 0.25) is 0 Å². The van der Waals surface area contributed by atoms with Gasteiger partial charge in [0.25, 0.3) is 5.91 Å². The Kier molecular flexibility index (Phi) is 5.03. The number of ether oxygens (including phenoxy) is 2. The Bertz CT molecular complexity index is 1070. The summed E-state index contributed by atoms with van der Waals surface area (Å²) >= 11 is 0. The van der Waals surface area contributed by atoms with Gasteiger partial charge in [-0.2, -0.15) is 0 Å². The lowest BCUT2D eigenvalue weighted by Gasteiger charge is -2.19. The molecular weight excluding hydrogens is 368 g/mol. The van der Waals surface area contributed by atoms with E-state index in [2.05, 4.69) is 32.3 Å². The van der Waals surface area contributed by atoms with Crippen LogP contribution in [0.4, 0.5) is 17.2 Å². The summed E-state index contributed by atoms with van der Waals surface area (Å²) in [7, 11) is 3.12. The first kappa shape index (κ1) is 18.7. The molecule has 7 nitrogen and oxygen atoms in total. The Morgan fingerprint density at radius 1 is 1.07 bits per heavy atom. The number of hydrogen-bond acceptors (Lipinski definition) is 6. The topological polar surface area (TPSA) is 76.6 Å². The number of benzene rings is 2. The molecule has 2 heterocycles. The number of carbonyl (C=O) groups is 1. The van der Waals surface area contributed by atoms with Gasteiger partial charge in [-0.25, -0.2) is 9.97 Å². The third-order valence-corrected chi connectivity index (χ3v) is 4.88. The monoisotopic (exact) mass is 390 g/mol. The number of aromatic nitrogens is 2. The van der Waals surface area contributed by atoms with Crippen molar-refractivity contribution in [3.8, 4) is 11.5 Å². The minimum absolute atomic E-state index is 0.301. The largest absolute Gasteiger partial charge is 0.497 e. The predicted molar refractivity (Wildman–Crippen MR) is 111 cm³/mol. The van der Waals surface area contributed by atoms with Crippen molar-refractivity contribution in [3.63, 3.8) is 0 Å². The highest BCUT2D eigenvalue weighted by atomic mass is 16.5.